The van der Waals surface area contributed by atoms with Crippen molar-refractivity contribution in [3.8, 4) is 5.75 Å². The third-order valence-corrected chi connectivity index (χ3v) is 8.37. The second-order valence-corrected chi connectivity index (χ2v) is 11.0. The molecule has 0 saturated heterocycles. The molecule has 3 aromatic rings. The molecule has 3 aromatic carbocycles. The Balaban J connectivity index is 2.37. The van der Waals surface area contributed by atoms with Gasteiger partial charge in [-0.25, -0.2) is 26.3 Å². The van der Waals surface area contributed by atoms with Gasteiger partial charge in [0.2, 0.25) is 10.0 Å². The molecule has 0 aromatic heterocycles. The summed E-state index contributed by atoms with van der Waals surface area (Å²) in [5.41, 5.74) is 1.60. The number of hydrogen-bond acceptors (Lipinski definition) is 5. The number of ether oxygens (including phenoxy) is 1. The van der Waals surface area contributed by atoms with Gasteiger partial charge < -0.3 is 4.74 Å². The number of rotatable bonds is 6. The van der Waals surface area contributed by atoms with Crippen LogP contribution in [0.5, 0.6) is 5.75 Å². The molecule has 3 rings (SSSR count). The largest absolute Gasteiger partial charge is 0.495 e. The van der Waals surface area contributed by atoms with Gasteiger partial charge in [0.1, 0.15) is 10.6 Å². The SMILES string of the molecule is COc1ccc(S(=O)(=O)N(c2cccc(Cl)c2C)c2cccc(Cl)c2C)cc1S(N)(=O)=O. The third-order valence-electron chi connectivity index (χ3n) is 4.90. The summed E-state index contributed by atoms with van der Waals surface area (Å²) >= 11 is 12.6. The Labute approximate surface area is 197 Å². The van der Waals surface area contributed by atoms with Crippen LogP contribution in [0.15, 0.2) is 64.4 Å². The van der Waals surface area contributed by atoms with Crippen molar-refractivity contribution in [1.82, 2.24) is 0 Å². The molecule has 0 heterocycles. The molecule has 0 aliphatic rings. The van der Waals surface area contributed by atoms with Gasteiger partial charge in [0, 0.05) is 10.0 Å². The minimum absolute atomic E-state index is 0.0733. The lowest BCUT2D eigenvalue weighted by atomic mass is 10.1. The molecular formula is C21H20Cl2N2O5S2. The zero-order chi connectivity index (χ0) is 23.8. The molecule has 32 heavy (non-hydrogen) atoms. The number of anilines is 2. The number of nitrogens with zero attached hydrogens (tertiary/aromatic N) is 1. The number of primary sulfonamides is 1. The molecule has 0 amide bonds. The van der Waals surface area contributed by atoms with Gasteiger partial charge in [0.25, 0.3) is 10.0 Å². The first-order valence-electron chi connectivity index (χ1n) is 9.16. The quantitative estimate of drug-likeness (QED) is 0.508. The van der Waals surface area contributed by atoms with Gasteiger partial charge in [-0.05, 0) is 67.4 Å². The van der Waals surface area contributed by atoms with E-state index in [-0.39, 0.29) is 22.0 Å². The van der Waals surface area contributed by atoms with Gasteiger partial charge in [-0.3, -0.25) is 0 Å². The monoisotopic (exact) mass is 514 g/mol. The summed E-state index contributed by atoms with van der Waals surface area (Å²) in [4.78, 5) is -0.757. The van der Waals surface area contributed by atoms with Crippen molar-refractivity contribution in [2.75, 3.05) is 11.4 Å². The highest BCUT2D eigenvalue weighted by Gasteiger charge is 2.31. The molecule has 0 unspecified atom stereocenters. The average molecular weight is 515 g/mol. The van der Waals surface area contributed by atoms with Crippen LogP contribution in [0.2, 0.25) is 10.0 Å². The smallest absolute Gasteiger partial charge is 0.268 e. The molecule has 0 atom stereocenters. The summed E-state index contributed by atoms with van der Waals surface area (Å²) in [6, 6.07) is 13.2. The Kier molecular flexibility index (Phi) is 6.78. The molecule has 11 heteroatoms. The van der Waals surface area contributed by atoms with E-state index in [2.05, 4.69) is 0 Å². The van der Waals surface area contributed by atoms with Crippen LogP contribution in [0, 0.1) is 13.8 Å². The molecule has 0 fully saturated rings. The van der Waals surface area contributed by atoms with Crippen LogP contribution in [0.4, 0.5) is 11.4 Å². The summed E-state index contributed by atoms with van der Waals surface area (Å²) in [6.07, 6.45) is 0. The van der Waals surface area contributed by atoms with Crippen molar-refractivity contribution in [3.63, 3.8) is 0 Å². The van der Waals surface area contributed by atoms with E-state index in [0.29, 0.717) is 21.2 Å². The molecule has 0 radical (unpaired) electrons. The third kappa shape index (κ3) is 4.44. The standard InChI is InChI=1S/C21H20Cl2N2O5S2/c1-13-16(22)6-4-8-18(13)25(19-9-5-7-17(23)14(19)2)32(28,29)15-10-11-20(30-3)21(12-15)31(24,26)27/h4-12H,1-3H3,(H2,24,26,27). The van der Waals surface area contributed by atoms with E-state index in [0.717, 1.165) is 10.4 Å². The van der Waals surface area contributed by atoms with Crippen LogP contribution in [-0.2, 0) is 20.0 Å². The second kappa shape index (κ2) is 8.92. The van der Waals surface area contributed by atoms with Gasteiger partial charge in [0.15, 0.2) is 0 Å². The zero-order valence-electron chi connectivity index (χ0n) is 17.3. The Morgan fingerprint density at radius 3 is 1.78 bits per heavy atom. The fourth-order valence-corrected chi connectivity index (χ4v) is 5.93. The molecule has 2 N–H and O–H groups in total. The number of nitrogens with two attached hydrogens (primary N) is 1. The van der Waals surface area contributed by atoms with E-state index in [1.54, 1.807) is 50.2 Å². The van der Waals surface area contributed by atoms with E-state index in [9.17, 15) is 16.8 Å². The fourth-order valence-electron chi connectivity index (χ4n) is 3.17. The van der Waals surface area contributed by atoms with Crippen molar-refractivity contribution in [2.24, 2.45) is 5.14 Å². The predicted octanol–water partition coefficient (Wildman–Crippen LogP) is 4.79. The Morgan fingerprint density at radius 2 is 1.34 bits per heavy atom. The molecule has 0 spiro atoms. The second-order valence-electron chi connectivity index (χ2n) is 6.90. The van der Waals surface area contributed by atoms with Gasteiger partial charge in [-0.2, -0.15) is 0 Å². The zero-order valence-corrected chi connectivity index (χ0v) is 20.5. The fraction of sp³-hybridized carbons (Fsp3) is 0.143. The number of hydrogen-bond donors (Lipinski definition) is 1. The molecule has 0 aliphatic carbocycles. The van der Waals surface area contributed by atoms with Crippen molar-refractivity contribution in [2.45, 2.75) is 23.6 Å². The summed E-state index contributed by atoms with van der Waals surface area (Å²) in [5.74, 6) is -0.0733. The van der Waals surface area contributed by atoms with Crippen molar-refractivity contribution in [3.05, 3.63) is 75.8 Å². The van der Waals surface area contributed by atoms with E-state index < -0.39 is 24.9 Å². The first-order chi connectivity index (χ1) is 14.9. The molecule has 0 aliphatic heterocycles. The lowest BCUT2D eigenvalue weighted by Gasteiger charge is -2.28. The summed E-state index contributed by atoms with van der Waals surface area (Å²) in [5, 5.41) is 6.01. The van der Waals surface area contributed by atoms with E-state index in [1.165, 1.54) is 19.2 Å². The first-order valence-corrected chi connectivity index (χ1v) is 12.9. The lowest BCUT2D eigenvalue weighted by molar-refractivity contribution is 0.402. The maximum absolute atomic E-state index is 13.9. The van der Waals surface area contributed by atoms with Crippen LogP contribution >= 0.6 is 23.2 Å². The summed E-state index contributed by atoms with van der Waals surface area (Å²) in [6.45, 7) is 3.37. The van der Waals surface area contributed by atoms with E-state index in [4.69, 9.17) is 33.1 Å². The van der Waals surface area contributed by atoms with Crippen LogP contribution in [0.25, 0.3) is 0 Å². The number of halogens is 2. The molecule has 7 nitrogen and oxygen atoms in total. The Hall–Kier alpha value is -2.30. The molecular weight excluding hydrogens is 495 g/mol. The molecule has 170 valence electrons. The maximum atomic E-state index is 13.9. The topological polar surface area (TPSA) is 107 Å². The summed E-state index contributed by atoms with van der Waals surface area (Å²) in [7, 11) is -7.36. The lowest BCUT2D eigenvalue weighted by Crippen LogP contribution is -2.28. The Bertz CT molecular complexity index is 1360. The van der Waals surface area contributed by atoms with Crippen LogP contribution < -0.4 is 14.2 Å². The maximum Gasteiger partial charge on any atom is 0.268 e. The first kappa shape index (κ1) is 24.3. The van der Waals surface area contributed by atoms with E-state index >= 15 is 0 Å². The highest BCUT2D eigenvalue weighted by Crippen LogP contribution is 2.40. The predicted molar refractivity (Wildman–Crippen MR) is 126 cm³/mol. The van der Waals surface area contributed by atoms with Gasteiger partial charge >= 0.3 is 0 Å². The molecule has 0 bridgehead atoms. The summed E-state index contributed by atoms with van der Waals surface area (Å²) < 4.78 is 58.0. The van der Waals surface area contributed by atoms with Crippen LogP contribution in [-0.4, -0.2) is 23.9 Å². The average Bonchev–Trinajstić information content (AvgIpc) is 2.73. The van der Waals surface area contributed by atoms with E-state index in [1.807, 2.05) is 0 Å². The van der Waals surface area contributed by atoms with Crippen molar-refractivity contribution >= 4 is 54.6 Å². The van der Waals surface area contributed by atoms with Gasteiger partial charge in [-0.15, -0.1) is 0 Å². The Morgan fingerprint density at radius 1 is 0.844 bits per heavy atom. The number of benzene rings is 3. The van der Waals surface area contributed by atoms with Gasteiger partial charge in [0.05, 0.1) is 23.4 Å². The highest BCUT2D eigenvalue weighted by molar-refractivity contribution is 7.93. The molecule has 0 saturated carbocycles. The number of methoxy groups -OCH3 is 1. The van der Waals surface area contributed by atoms with Crippen molar-refractivity contribution < 1.29 is 21.6 Å². The minimum Gasteiger partial charge on any atom is -0.495 e. The van der Waals surface area contributed by atoms with Crippen LogP contribution in [0.3, 0.4) is 0 Å². The highest BCUT2D eigenvalue weighted by atomic mass is 35.5. The van der Waals surface area contributed by atoms with Crippen LogP contribution in [0.1, 0.15) is 11.1 Å². The van der Waals surface area contributed by atoms with Crippen molar-refractivity contribution in [1.29, 1.82) is 0 Å². The number of sulfonamides is 2. The minimum atomic E-state index is -4.35. The van der Waals surface area contributed by atoms with Gasteiger partial charge in [-0.1, -0.05) is 35.3 Å². The normalized spacial score (nSPS) is 11.9.